The fourth-order valence-corrected chi connectivity index (χ4v) is 1.56. The van der Waals surface area contributed by atoms with Crippen molar-refractivity contribution in [2.75, 3.05) is 6.61 Å². The van der Waals surface area contributed by atoms with Crippen LogP contribution in [-0.2, 0) is 0 Å². The van der Waals surface area contributed by atoms with Crippen molar-refractivity contribution >= 4 is 16.8 Å². The topological polar surface area (TPSA) is 44.1 Å². The first-order valence-electron chi connectivity index (χ1n) is 4.84. The van der Waals surface area contributed by atoms with Crippen LogP contribution in [0.1, 0.15) is 18.6 Å². The molecule has 15 heavy (non-hydrogen) atoms. The molecule has 1 aromatic heterocycles. The number of hydrogen-bond acceptors (Lipinski definition) is 3. The summed E-state index contributed by atoms with van der Waals surface area (Å²) in [5.41, 5.74) is 0.786. The number of nitrogens with zero attached hydrogens (tertiary/aromatic N) is 2. The average Bonchev–Trinajstić information content (AvgIpc) is 2.62. The van der Waals surface area contributed by atoms with E-state index in [1.165, 1.54) is 11.6 Å². The van der Waals surface area contributed by atoms with Crippen molar-refractivity contribution in [3.05, 3.63) is 24.4 Å². The van der Waals surface area contributed by atoms with Gasteiger partial charge in [0.05, 0.1) is 23.7 Å². The zero-order valence-electron chi connectivity index (χ0n) is 8.73. The molecule has 0 atom stereocenters. The predicted octanol–water partition coefficient (Wildman–Crippen LogP) is 2.10. The molecule has 2 rings (SSSR count). The Morgan fingerprint density at radius 2 is 2.33 bits per heavy atom. The quantitative estimate of drug-likeness (QED) is 0.752. The summed E-state index contributed by atoms with van der Waals surface area (Å²) >= 11 is 0. The van der Waals surface area contributed by atoms with Crippen LogP contribution < -0.4 is 4.74 Å². The molecule has 0 N–H and O–H groups in total. The highest BCUT2D eigenvalue weighted by Crippen LogP contribution is 2.24. The monoisotopic (exact) mass is 204 g/mol. The van der Waals surface area contributed by atoms with Crippen LogP contribution in [0.5, 0.6) is 5.75 Å². The number of carbonyl (C=O) groups is 1. The lowest BCUT2D eigenvalue weighted by Crippen LogP contribution is -2.06. The minimum atomic E-state index is -0.0985. The normalized spacial score (nSPS) is 10.5. The minimum Gasteiger partial charge on any atom is -0.493 e. The summed E-state index contributed by atoms with van der Waals surface area (Å²) in [6.07, 6.45) is 1.65. The van der Waals surface area contributed by atoms with E-state index in [0.717, 1.165) is 16.7 Å². The Bertz CT molecular complexity index is 502. The van der Waals surface area contributed by atoms with Gasteiger partial charge >= 0.3 is 0 Å². The molecule has 0 radical (unpaired) electrons. The highest BCUT2D eigenvalue weighted by molar-refractivity contribution is 5.92. The second kappa shape index (κ2) is 3.73. The molecule has 0 fully saturated rings. The molecule has 4 heteroatoms. The Balaban J connectivity index is 2.63. The molecule has 1 aromatic carbocycles. The summed E-state index contributed by atoms with van der Waals surface area (Å²) in [6, 6.07) is 5.58. The summed E-state index contributed by atoms with van der Waals surface area (Å²) in [6.45, 7) is 4.01. The van der Waals surface area contributed by atoms with Gasteiger partial charge in [0.25, 0.3) is 0 Å². The van der Waals surface area contributed by atoms with E-state index in [-0.39, 0.29) is 5.91 Å². The summed E-state index contributed by atoms with van der Waals surface area (Å²) in [7, 11) is 0. The fraction of sp³-hybridized carbons (Fsp3) is 0.273. The summed E-state index contributed by atoms with van der Waals surface area (Å²) in [5.74, 6) is 0.668. The molecular weight excluding hydrogens is 192 g/mol. The number of benzene rings is 1. The first-order valence-corrected chi connectivity index (χ1v) is 4.84. The lowest BCUT2D eigenvalue weighted by Gasteiger charge is -2.03. The lowest BCUT2D eigenvalue weighted by atomic mass is 10.2. The van der Waals surface area contributed by atoms with Crippen LogP contribution in [0, 0.1) is 0 Å². The van der Waals surface area contributed by atoms with Gasteiger partial charge in [0.15, 0.2) is 0 Å². The van der Waals surface area contributed by atoms with Crippen LogP contribution in [-0.4, -0.2) is 22.3 Å². The Labute approximate surface area is 87.5 Å². The molecule has 78 valence electrons. The van der Waals surface area contributed by atoms with E-state index in [1.807, 2.05) is 25.1 Å². The Morgan fingerprint density at radius 1 is 1.53 bits per heavy atom. The molecule has 0 aliphatic carbocycles. The smallest absolute Gasteiger partial charge is 0.244 e. The third kappa shape index (κ3) is 1.58. The van der Waals surface area contributed by atoms with E-state index in [4.69, 9.17) is 4.74 Å². The van der Waals surface area contributed by atoms with Gasteiger partial charge in [0, 0.05) is 6.92 Å². The average molecular weight is 204 g/mol. The van der Waals surface area contributed by atoms with Crippen molar-refractivity contribution in [2.24, 2.45) is 0 Å². The van der Waals surface area contributed by atoms with E-state index in [0.29, 0.717) is 6.61 Å². The molecule has 0 aliphatic heterocycles. The van der Waals surface area contributed by atoms with Crippen LogP contribution >= 0.6 is 0 Å². The fourth-order valence-electron chi connectivity index (χ4n) is 1.56. The third-order valence-corrected chi connectivity index (χ3v) is 2.17. The van der Waals surface area contributed by atoms with Gasteiger partial charge in [0.1, 0.15) is 5.75 Å². The molecule has 0 spiro atoms. The number of aromatic nitrogens is 2. The van der Waals surface area contributed by atoms with E-state index in [2.05, 4.69) is 5.10 Å². The Hall–Kier alpha value is -1.84. The SMILES string of the molecule is CCOc1cccc2c1cnn2C(C)=O. The highest BCUT2D eigenvalue weighted by Gasteiger charge is 2.09. The Morgan fingerprint density at radius 3 is 3.00 bits per heavy atom. The van der Waals surface area contributed by atoms with Crippen LogP contribution in [0.25, 0.3) is 10.9 Å². The number of hydrogen-bond donors (Lipinski definition) is 0. The van der Waals surface area contributed by atoms with Gasteiger partial charge in [-0.05, 0) is 19.1 Å². The van der Waals surface area contributed by atoms with Crippen molar-refractivity contribution in [2.45, 2.75) is 13.8 Å². The molecule has 0 aliphatic rings. The molecule has 0 saturated carbocycles. The Kier molecular flexibility index (Phi) is 2.41. The van der Waals surface area contributed by atoms with Gasteiger partial charge in [0.2, 0.25) is 5.91 Å². The van der Waals surface area contributed by atoms with Gasteiger partial charge < -0.3 is 4.74 Å². The van der Waals surface area contributed by atoms with Crippen LogP contribution in [0.15, 0.2) is 24.4 Å². The number of ether oxygens (including phenoxy) is 1. The molecule has 4 nitrogen and oxygen atoms in total. The number of fused-ring (bicyclic) bond motifs is 1. The summed E-state index contributed by atoms with van der Waals surface area (Å²) in [5, 5.41) is 4.89. The van der Waals surface area contributed by atoms with Gasteiger partial charge in [-0.1, -0.05) is 6.07 Å². The second-order valence-electron chi connectivity index (χ2n) is 3.20. The molecule has 0 amide bonds. The molecule has 0 unspecified atom stereocenters. The van der Waals surface area contributed by atoms with Crippen molar-refractivity contribution in [1.82, 2.24) is 9.78 Å². The number of rotatable bonds is 2. The highest BCUT2D eigenvalue weighted by atomic mass is 16.5. The van der Waals surface area contributed by atoms with Gasteiger partial charge in [-0.2, -0.15) is 5.10 Å². The molecule has 0 saturated heterocycles. The first-order chi connectivity index (χ1) is 7.24. The van der Waals surface area contributed by atoms with E-state index >= 15 is 0 Å². The molecular formula is C11H12N2O2. The van der Waals surface area contributed by atoms with Crippen molar-refractivity contribution in [1.29, 1.82) is 0 Å². The zero-order valence-corrected chi connectivity index (χ0v) is 8.73. The van der Waals surface area contributed by atoms with Crippen molar-refractivity contribution < 1.29 is 9.53 Å². The predicted molar refractivity (Wildman–Crippen MR) is 57.2 cm³/mol. The van der Waals surface area contributed by atoms with E-state index < -0.39 is 0 Å². The van der Waals surface area contributed by atoms with Gasteiger partial charge in [-0.15, -0.1) is 0 Å². The van der Waals surface area contributed by atoms with Crippen LogP contribution in [0.2, 0.25) is 0 Å². The van der Waals surface area contributed by atoms with Gasteiger partial charge in [-0.3, -0.25) is 4.79 Å². The van der Waals surface area contributed by atoms with E-state index in [9.17, 15) is 4.79 Å². The maximum atomic E-state index is 11.2. The minimum absolute atomic E-state index is 0.0985. The molecule has 2 aromatic rings. The molecule has 0 bridgehead atoms. The lowest BCUT2D eigenvalue weighted by molar-refractivity contribution is 0.0927. The molecule has 1 heterocycles. The van der Waals surface area contributed by atoms with Crippen molar-refractivity contribution in [3.63, 3.8) is 0 Å². The standard InChI is InChI=1S/C11H12N2O2/c1-3-15-11-6-4-5-10-9(11)7-12-13(10)8(2)14/h4-7H,3H2,1-2H3. The zero-order chi connectivity index (χ0) is 10.8. The first kappa shape index (κ1) is 9.71. The number of carbonyl (C=O) groups excluding carboxylic acids is 1. The van der Waals surface area contributed by atoms with E-state index in [1.54, 1.807) is 6.20 Å². The van der Waals surface area contributed by atoms with Crippen molar-refractivity contribution in [3.8, 4) is 5.75 Å². The largest absolute Gasteiger partial charge is 0.493 e. The maximum absolute atomic E-state index is 11.2. The van der Waals surface area contributed by atoms with Gasteiger partial charge in [-0.25, -0.2) is 4.68 Å². The summed E-state index contributed by atoms with van der Waals surface area (Å²) < 4.78 is 6.82. The third-order valence-electron chi connectivity index (χ3n) is 2.17. The van der Waals surface area contributed by atoms with Crippen LogP contribution in [0.4, 0.5) is 0 Å². The maximum Gasteiger partial charge on any atom is 0.244 e. The van der Waals surface area contributed by atoms with Crippen LogP contribution in [0.3, 0.4) is 0 Å². The summed E-state index contributed by atoms with van der Waals surface area (Å²) in [4.78, 5) is 11.2. The second-order valence-corrected chi connectivity index (χ2v) is 3.20.